The second-order valence-electron chi connectivity index (χ2n) is 6.92. The van der Waals surface area contributed by atoms with Crippen molar-refractivity contribution in [2.45, 2.75) is 45.7 Å². The van der Waals surface area contributed by atoms with E-state index in [4.69, 9.17) is 0 Å². The van der Waals surface area contributed by atoms with E-state index < -0.39 is 0 Å². The Hall–Kier alpha value is -2.63. The van der Waals surface area contributed by atoms with E-state index in [0.717, 1.165) is 42.3 Å². The number of carbonyl (C=O) groups excluding carboxylic acids is 1. The van der Waals surface area contributed by atoms with Gasteiger partial charge in [-0.2, -0.15) is 0 Å². The summed E-state index contributed by atoms with van der Waals surface area (Å²) < 4.78 is 2.91. The summed E-state index contributed by atoms with van der Waals surface area (Å²) in [6.07, 6.45) is 3.21. The van der Waals surface area contributed by atoms with Crippen LogP contribution in [0.4, 0.5) is 0 Å². The molecule has 6 nitrogen and oxygen atoms in total. The van der Waals surface area contributed by atoms with Crippen LogP contribution in [0, 0.1) is 6.92 Å². The standard InChI is InChI=1S/C19H22N4O2/c1-13-11-15-8-3-4-9-16(15)23-18(13)20-22(19(23)25)12-17(24)21-10-6-5-7-14(21)2/h3-4,8-9,11,14H,5-7,10,12H2,1-2H3. The molecule has 1 aromatic carbocycles. The molecule has 1 amide bonds. The molecule has 1 fully saturated rings. The van der Waals surface area contributed by atoms with Crippen LogP contribution in [0.1, 0.15) is 31.7 Å². The van der Waals surface area contributed by atoms with Gasteiger partial charge in [0, 0.05) is 12.6 Å². The molecule has 0 spiro atoms. The quantitative estimate of drug-likeness (QED) is 0.721. The fourth-order valence-electron chi connectivity index (χ4n) is 3.78. The number of benzene rings is 1. The van der Waals surface area contributed by atoms with Gasteiger partial charge >= 0.3 is 5.69 Å². The Bertz CT molecular complexity index is 1020. The fraction of sp³-hybridized carbons (Fsp3) is 0.421. The number of likely N-dealkylation sites (tertiary alicyclic amines) is 1. The topological polar surface area (TPSA) is 59.6 Å². The van der Waals surface area contributed by atoms with Gasteiger partial charge in [-0.05, 0) is 56.2 Å². The highest BCUT2D eigenvalue weighted by molar-refractivity contribution is 5.83. The molecule has 1 aliphatic rings. The van der Waals surface area contributed by atoms with Crippen LogP contribution in [0.3, 0.4) is 0 Å². The van der Waals surface area contributed by atoms with Crippen molar-refractivity contribution in [1.29, 1.82) is 0 Å². The van der Waals surface area contributed by atoms with Gasteiger partial charge in [0.25, 0.3) is 0 Å². The first-order valence-electron chi connectivity index (χ1n) is 8.83. The molecule has 25 heavy (non-hydrogen) atoms. The SMILES string of the molecule is Cc1cc2ccccc2n2c(=O)n(CC(=O)N3CCCCC3C)nc12. The van der Waals surface area contributed by atoms with Gasteiger partial charge in [0.15, 0.2) is 5.65 Å². The molecule has 0 saturated carbocycles. The Morgan fingerprint density at radius 1 is 1.28 bits per heavy atom. The third kappa shape index (κ3) is 2.62. The second-order valence-corrected chi connectivity index (χ2v) is 6.92. The van der Waals surface area contributed by atoms with Gasteiger partial charge in [-0.15, -0.1) is 5.10 Å². The molecule has 0 bridgehead atoms. The second kappa shape index (κ2) is 6.02. The summed E-state index contributed by atoms with van der Waals surface area (Å²) in [6.45, 7) is 4.77. The molecule has 6 heteroatoms. The summed E-state index contributed by atoms with van der Waals surface area (Å²) in [5.41, 5.74) is 2.10. The Morgan fingerprint density at radius 2 is 2.08 bits per heavy atom. The van der Waals surface area contributed by atoms with Crippen molar-refractivity contribution >= 4 is 22.5 Å². The van der Waals surface area contributed by atoms with Crippen LogP contribution in [-0.4, -0.2) is 37.6 Å². The Labute approximate surface area is 145 Å². The minimum Gasteiger partial charge on any atom is -0.338 e. The maximum atomic E-state index is 12.9. The van der Waals surface area contributed by atoms with Gasteiger partial charge in [-0.25, -0.2) is 13.9 Å². The van der Waals surface area contributed by atoms with E-state index in [1.54, 1.807) is 4.40 Å². The van der Waals surface area contributed by atoms with E-state index in [9.17, 15) is 9.59 Å². The van der Waals surface area contributed by atoms with E-state index in [-0.39, 0.29) is 24.2 Å². The Kier molecular flexibility index (Phi) is 3.82. The zero-order chi connectivity index (χ0) is 17.6. The number of nitrogens with zero attached hydrogens (tertiary/aromatic N) is 4. The van der Waals surface area contributed by atoms with Crippen molar-refractivity contribution in [1.82, 2.24) is 19.1 Å². The first-order chi connectivity index (χ1) is 12.1. The Morgan fingerprint density at radius 3 is 2.88 bits per heavy atom. The predicted molar refractivity (Wildman–Crippen MR) is 96.7 cm³/mol. The smallest absolute Gasteiger partial charge is 0.338 e. The summed E-state index contributed by atoms with van der Waals surface area (Å²) in [7, 11) is 0. The van der Waals surface area contributed by atoms with Gasteiger partial charge < -0.3 is 4.90 Å². The normalized spacial score (nSPS) is 18.2. The van der Waals surface area contributed by atoms with Crippen molar-refractivity contribution in [3.63, 3.8) is 0 Å². The van der Waals surface area contributed by atoms with Gasteiger partial charge in [-0.3, -0.25) is 4.79 Å². The van der Waals surface area contributed by atoms with E-state index in [1.807, 2.05) is 42.2 Å². The van der Waals surface area contributed by atoms with E-state index >= 15 is 0 Å². The molecule has 2 aromatic heterocycles. The number of hydrogen-bond acceptors (Lipinski definition) is 3. The molecular weight excluding hydrogens is 316 g/mol. The van der Waals surface area contributed by atoms with Crippen LogP contribution in [0.25, 0.3) is 16.6 Å². The van der Waals surface area contributed by atoms with Gasteiger partial charge in [0.2, 0.25) is 5.91 Å². The maximum absolute atomic E-state index is 12.9. The lowest BCUT2D eigenvalue weighted by Crippen LogP contribution is -2.44. The number of fused-ring (bicyclic) bond motifs is 3. The number of hydrogen-bond donors (Lipinski definition) is 0. The number of pyridine rings is 1. The van der Waals surface area contributed by atoms with Crippen molar-refractivity contribution in [3.8, 4) is 0 Å². The van der Waals surface area contributed by atoms with E-state index in [2.05, 4.69) is 12.0 Å². The van der Waals surface area contributed by atoms with Gasteiger partial charge in [0.1, 0.15) is 6.54 Å². The average molecular weight is 338 g/mol. The summed E-state index contributed by atoms with van der Waals surface area (Å²) in [5, 5.41) is 5.43. The molecule has 1 unspecified atom stereocenters. The Balaban J connectivity index is 1.77. The highest BCUT2D eigenvalue weighted by atomic mass is 16.2. The number of carbonyl (C=O) groups is 1. The van der Waals surface area contributed by atoms with Crippen molar-refractivity contribution in [2.75, 3.05) is 6.54 Å². The number of para-hydroxylation sites is 1. The fourth-order valence-corrected chi connectivity index (χ4v) is 3.78. The minimum atomic E-state index is -0.257. The lowest BCUT2D eigenvalue weighted by Gasteiger charge is -2.33. The summed E-state index contributed by atoms with van der Waals surface area (Å²) in [4.78, 5) is 27.4. The van der Waals surface area contributed by atoms with E-state index in [0.29, 0.717) is 5.65 Å². The zero-order valence-corrected chi connectivity index (χ0v) is 14.6. The predicted octanol–water partition coefficient (Wildman–Crippen LogP) is 2.36. The van der Waals surface area contributed by atoms with Crippen LogP contribution >= 0.6 is 0 Å². The third-order valence-electron chi connectivity index (χ3n) is 5.15. The van der Waals surface area contributed by atoms with Gasteiger partial charge in [-0.1, -0.05) is 18.2 Å². The first-order valence-corrected chi connectivity index (χ1v) is 8.83. The van der Waals surface area contributed by atoms with Crippen LogP contribution in [0.15, 0.2) is 35.1 Å². The molecule has 4 rings (SSSR count). The number of amides is 1. The highest BCUT2D eigenvalue weighted by Crippen LogP contribution is 2.19. The minimum absolute atomic E-state index is 0.00137. The molecule has 0 radical (unpaired) electrons. The highest BCUT2D eigenvalue weighted by Gasteiger charge is 2.24. The average Bonchev–Trinajstić information content (AvgIpc) is 2.93. The number of piperidine rings is 1. The summed E-state index contributed by atoms with van der Waals surface area (Å²) in [6, 6.07) is 9.99. The summed E-state index contributed by atoms with van der Waals surface area (Å²) >= 11 is 0. The molecule has 3 aromatic rings. The molecule has 3 heterocycles. The molecule has 1 atom stereocenters. The van der Waals surface area contributed by atoms with Crippen molar-refractivity contribution in [3.05, 3.63) is 46.4 Å². The van der Waals surface area contributed by atoms with Crippen molar-refractivity contribution in [2.24, 2.45) is 0 Å². The summed E-state index contributed by atoms with van der Waals surface area (Å²) in [5.74, 6) is -0.0281. The van der Waals surface area contributed by atoms with Crippen LogP contribution in [0.5, 0.6) is 0 Å². The maximum Gasteiger partial charge on any atom is 0.351 e. The molecule has 1 aliphatic heterocycles. The van der Waals surface area contributed by atoms with Crippen molar-refractivity contribution < 1.29 is 4.79 Å². The molecule has 1 saturated heterocycles. The number of aryl methyl sites for hydroxylation is 1. The lowest BCUT2D eigenvalue weighted by molar-refractivity contribution is -0.135. The lowest BCUT2D eigenvalue weighted by atomic mass is 10.0. The molecule has 130 valence electrons. The molecule has 0 N–H and O–H groups in total. The molecule has 0 aliphatic carbocycles. The largest absolute Gasteiger partial charge is 0.351 e. The monoisotopic (exact) mass is 338 g/mol. The van der Waals surface area contributed by atoms with Gasteiger partial charge in [0.05, 0.1) is 5.52 Å². The van der Waals surface area contributed by atoms with Crippen LogP contribution in [0.2, 0.25) is 0 Å². The number of aromatic nitrogens is 3. The van der Waals surface area contributed by atoms with Crippen LogP contribution in [-0.2, 0) is 11.3 Å². The third-order valence-corrected chi connectivity index (χ3v) is 5.15. The zero-order valence-electron chi connectivity index (χ0n) is 14.6. The first kappa shape index (κ1) is 15.9. The molecular formula is C19H22N4O2. The number of rotatable bonds is 2. The van der Waals surface area contributed by atoms with Crippen LogP contribution < -0.4 is 5.69 Å². The van der Waals surface area contributed by atoms with E-state index in [1.165, 1.54) is 4.68 Å².